The molecule has 14 heavy (non-hydrogen) atoms. The molecule has 5 heteroatoms. The van der Waals surface area contributed by atoms with E-state index >= 15 is 0 Å². The lowest BCUT2D eigenvalue weighted by Crippen LogP contribution is -2.08. The molecule has 0 aromatic heterocycles. The predicted octanol–water partition coefficient (Wildman–Crippen LogP) is 3.40. The molecule has 0 amide bonds. The number of halogens is 3. The topological polar surface area (TPSA) is 26.0 Å². The van der Waals surface area contributed by atoms with Crippen molar-refractivity contribution in [1.29, 1.82) is 0 Å². The van der Waals surface area contributed by atoms with E-state index in [9.17, 15) is 13.2 Å². The van der Waals surface area contributed by atoms with E-state index in [1.54, 1.807) is 6.92 Å². The molecule has 0 unspecified atom stereocenters. The van der Waals surface area contributed by atoms with Crippen LogP contribution in [0.3, 0.4) is 0 Å². The summed E-state index contributed by atoms with van der Waals surface area (Å²) in [5.74, 6) is 0.567. The molecule has 0 aliphatic heterocycles. The molecule has 1 aromatic carbocycles. The first-order chi connectivity index (χ1) is 6.46. The van der Waals surface area contributed by atoms with Gasteiger partial charge in [0, 0.05) is 10.6 Å². The second-order valence-corrected chi connectivity index (χ2v) is 3.93. The van der Waals surface area contributed by atoms with Crippen LogP contribution in [0.15, 0.2) is 23.1 Å². The van der Waals surface area contributed by atoms with Gasteiger partial charge in [0.25, 0.3) is 0 Å². The molecular weight excluding hydrogens is 211 g/mol. The standard InChI is InChI=1S/C9H10F3NS/c1-2-14-8-6(9(10,11)12)4-3-5-7(8)13/h3-5H,2,13H2,1H3. The van der Waals surface area contributed by atoms with Crippen LogP contribution in [0.1, 0.15) is 12.5 Å². The molecule has 0 heterocycles. The predicted molar refractivity (Wildman–Crippen MR) is 52.3 cm³/mol. The summed E-state index contributed by atoms with van der Waals surface area (Å²) in [4.78, 5) is 0.127. The Labute approximate surface area is 84.5 Å². The van der Waals surface area contributed by atoms with Crippen LogP contribution in [-0.4, -0.2) is 5.75 Å². The van der Waals surface area contributed by atoms with Gasteiger partial charge in [0.05, 0.1) is 5.56 Å². The van der Waals surface area contributed by atoms with Gasteiger partial charge in [-0.2, -0.15) is 13.2 Å². The van der Waals surface area contributed by atoms with Crippen LogP contribution in [0.5, 0.6) is 0 Å². The molecule has 0 saturated heterocycles. The maximum atomic E-state index is 12.5. The Bertz CT molecular complexity index is 322. The fourth-order valence-corrected chi connectivity index (χ4v) is 1.95. The second-order valence-electron chi connectivity index (χ2n) is 2.65. The Hall–Kier alpha value is -0.840. The minimum atomic E-state index is -4.33. The van der Waals surface area contributed by atoms with Gasteiger partial charge in [0.1, 0.15) is 0 Å². The quantitative estimate of drug-likeness (QED) is 0.611. The number of hydrogen-bond donors (Lipinski definition) is 1. The van der Waals surface area contributed by atoms with E-state index in [2.05, 4.69) is 0 Å². The lowest BCUT2D eigenvalue weighted by Gasteiger charge is -2.13. The first kappa shape index (κ1) is 11.2. The smallest absolute Gasteiger partial charge is 0.398 e. The molecule has 0 fully saturated rings. The lowest BCUT2D eigenvalue weighted by atomic mass is 10.2. The van der Waals surface area contributed by atoms with Gasteiger partial charge in [-0.15, -0.1) is 11.8 Å². The highest BCUT2D eigenvalue weighted by atomic mass is 32.2. The van der Waals surface area contributed by atoms with Crippen LogP contribution >= 0.6 is 11.8 Å². The van der Waals surface area contributed by atoms with Crippen LogP contribution in [0.25, 0.3) is 0 Å². The molecule has 0 atom stereocenters. The van der Waals surface area contributed by atoms with Crippen molar-refractivity contribution in [2.24, 2.45) is 0 Å². The average Bonchev–Trinajstić information content (AvgIpc) is 2.07. The first-order valence-corrected chi connectivity index (χ1v) is 5.04. The fourth-order valence-electron chi connectivity index (χ4n) is 1.08. The van der Waals surface area contributed by atoms with Crippen molar-refractivity contribution in [3.05, 3.63) is 23.8 Å². The Kier molecular flexibility index (Phi) is 3.31. The molecule has 2 N–H and O–H groups in total. The van der Waals surface area contributed by atoms with Crippen LogP contribution in [0.4, 0.5) is 18.9 Å². The van der Waals surface area contributed by atoms with Crippen molar-refractivity contribution in [2.75, 3.05) is 11.5 Å². The third kappa shape index (κ3) is 2.35. The third-order valence-corrected chi connectivity index (χ3v) is 2.67. The van der Waals surface area contributed by atoms with Gasteiger partial charge in [0.2, 0.25) is 0 Å². The molecule has 0 aliphatic carbocycles. The Morgan fingerprint density at radius 1 is 1.36 bits per heavy atom. The number of alkyl halides is 3. The number of nitrogens with two attached hydrogens (primary N) is 1. The van der Waals surface area contributed by atoms with E-state index in [1.807, 2.05) is 0 Å². The van der Waals surface area contributed by atoms with Crippen molar-refractivity contribution < 1.29 is 13.2 Å². The second kappa shape index (κ2) is 4.13. The van der Waals surface area contributed by atoms with Crippen molar-refractivity contribution in [1.82, 2.24) is 0 Å². The molecule has 0 saturated carbocycles. The number of rotatable bonds is 2. The van der Waals surface area contributed by atoms with E-state index in [0.717, 1.165) is 17.8 Å². The summed E-state index contributed by atoms with van der Waals surface area (Å²) in [6.45, 7) is 1.79. The summed E-state index contributed by atoms with van der Waals surface area (Å²) in [6.07, 6.45) is -4.33. The molecule has 1 aromatic rings. The molecule has 0 bridgehead atoms. The summed E-state index contributed by atoms with van der Waals surface area (Å²) >= 11 is 1.11. The highest BCUT2D eigenvalue weighted by molar-refractivity contribution is 7.99. The molecule has 0 spiro atoms. The number of nitrogen functional groups attached to an aromatic ring is 1. The van der Waals surface area contributed by atoms with Gasteiger partial charge in [0.15, 0.2) is 0 Å². The molecule has 1 nitrogen and oxygen atoms in total. The maximum Gasteiger partial charge on any atom is 0.417 e. The van der Waals surface area contributed by atoms with Gasteiger partial charge >= 0.3 is 6.18 Å². The highest BCUT2D eigenvalue weighted by Crippen LogP contribution is 2.39. The third-order valence-electron chi connectivity index (χ3n) is 1.64. The van der Waals surface area contributed by atoms with E-state index in [4.69, 9.17) is 5.73 Å². The maximum absolute atomic E-state index is 12.5. The van der Waals surface area contributed by atoms with E-state index in [0.29, 0.717) is 5.75 Å². The summed E-state index contributed by atoms with van der Waals surface area (Å²) in [5, 5.41) is 0. The number of anilines is 1. The summed E-state index contributed by atoms with van der Waals surface area (Å²) < 4.78 is 37.4. The lowest BCUT2D eigenvalue weighted by molar-refractivity contribution is -0.139. The molecule has 0 radical (unpaired) electrons. The zero-order valence-electron chi connectivity index (χ0n) is 7.56. The molecule has 1 rings (SSSR count). The SMILES string of the molecule is CCSc1c(N)cccc1C(F)(F)F. The van der Waals surface area contributed by atoms with Crippen LogP contribution in [0, 0.1) is 0 Å². The Balaban J connectivity index is 3.21. The average molecular weight is 221 g/mol. The van der Waals surface area contributed by atoms with Crippen LogP contribution < -0.4 is 5.73 Å². The largest absolute Gasteiger partial charge is 0.417 e. The Morgan fingerprint density at radius 2 is 2.00 bits per heavy atom. The van der Waals surface area contributed by atoms with Crippen molar-refractivity contribution in [3.8, 4) is 0 Å². The zero-order chi connectivity index (χ0) is 10.8. The van der Waals surface area contributed by atoms with Gasteiger partial charge in [-0.25, -0.2) is 0 Å². The van der Waals surface area contributed by atoms with Crippen molar-refractivity contribution >= 4 is 17.4 Å². The fraction of sp³-hybridized carbons (Fsp3) is 0.333. The molecular formula is C9H10F3NS. The summed E-state index contributed by atoms with van der Waals surface area (Å²) in [5.41, 5.74) is 5.02. The number of benzene rings is 1. The normalized spacial score (nSPS) is 11.7. The van der Waals surface area contributed by atoms with E-state index in [1.165, 1.54) is 12.1 Å². The zero-order valence-corrected chi connectivity index (χ0v) is 8.38. The van der Waals surface area contributed by atoms with E-state index < -0.39 is 11.7 Å². The number of thioether (sulfide) groups is 1. The van der Waals surface area contributed by atoms with Crippen molar-refractivity contribution in [2.45, 2.75) is 18.0 Å². The molecule has 0 aliphatic rings. The molecule has 78 valence electrons. The van der Waals surface area contributed by atoms with Gasteiger partial charge < -0.3 is 5.73 Å². The number of hydrogen-bond acceptors (Lipinski definition) is 2. The summed E-state index contributed by atoms with van der Waals surface area (Å²) in [7, 11) is 0. The highest BCUT2D eigenvalue weighted by Gasteiger charge is 2.33. The minimum absolute atomic E-state index is 0.127. The monoisotopic (exact) mass is 221 g/mol. The van der Waals surface area contributed by atoms with Crippen LogP contribution in [0.2, 0.25) is 0 Å². The van der Waals surface area contributed by atoms with Crippen LogP contribution in [-0.2, 0) is 6.18 Å². The van der Waals surface area contributed by atoms with Gasteiger partial charge in [-0.1, -0.05) is 13.0 Å². The van der Waals surface area contributed by atoms with E-state index in [-0.39, 0.29) is 10.6 Å². The first-order valence-electron chi connectivity index (χ1n) is 4.05. The van der Waals surface area contributed by atoms with Gasteiger partial charge in [-0.05, 0) is 17.9 Å². The minimum Gasteiger partial charge on any atom is -0.398 e. The van der Waals surface area contributed by atoms with Gasteiger partial charge in [-0.3, -0.25) is 0 Å². The summed E-state index contributed by atoms with van der Waals surface area (Å²) in [6, 6.07) is 3.85. The Morgan fingerprint density at radius 3 is 2.50 bits per heavy atom. The van der Waals surface area contributed by atoms with Crippen molar-refractivity contribution in [3.63, 3.8) is 0 Å².